The van der Waals surface area contributed by atoms with Crippen LogP contribution in [0.2, 0.25) is 0 Å². The monoisotopic (exact) mass is 224 g/mol. The second-order valence-corrected chi connectivity index (χ2v) is 3.93. The predicted octanol–water partition coefficient (Wildman–Crippen LogP) is 0.170. The predicted molar refractivity (Wildman–Crippen MR) is 56.4 cm³/mol. The molecular weight excluding hydrogens is 208 g/mol. The first kappa shape index (κ1) is 11.1. The highest BCUT2D eigenvalue weighted by atomic mass is 16.4. The smallest absolute Gasteiger partial charge is 0.240 e. The van der Waals surface area contributed by atoms with E-state index in [1.165, 1.54) is 6.39 Å². The van der Waals surface area contributed by atoms with Gasteiger partial charge in [0, 0.05) is 6.54 Å². The first-order valence-electron chi connectivity index (χ1n) is 5.52. The van der Waals surface area contributed by atoms with Crippen LogP contribution in [0.15, 0.2) is 10.8 Å². The number of carbonyl (C=O) groups is 1. The maximum absolute atomic E-state index is 12.1. The lowest BCUT2D eigenvalue weighted by atomic mass is 10.1. The summed E-state index contributed by atoms with van der Waals surface area (Å²) in [5.74, 6) is 0.614. The van der Waals surface area contributed by atoms with E-state index in [0.717, 1.165) is 25.8 Å². The number of rotatable bonds is 3. The van der Waals surface area contributed by atoms with E-state index in [9.17, 15) is 4.79 Å². The van der Waals surface area contributed by atoms with Gasteiger partial charge in [-0.3, -0.25) is 4.79 Å². The van der Waals surface area contributed by atoms with Gasteiger partial charge in [0.1, 0.15) is 0 Å². The number of hydrogen-bond acceptors (Lipinski definition) is 5. The average Bonchev–Trinajstić information content (AvgIpc) is 2.73. The van der Waals surface area contributed by atoms with E-state index in [-0.39, 0.29) is 11.9 Å². The van der Waals surface area contributed by atoms with Crippen LogP contribution in [0.3, 0.4) is 0 Å². The van der Waals surface area contributed by atoms with Crippen LogP contribution in [0.5, 0.6) is 0 Å². The number of nitrogens with one attached hydrogen (secondary N) is 1. The summed E-state index contributed by atoms with van der Waals surface area (Å²) in [6.45, 7) is 1.18. The molecule has 6 nitrogen and oxygen atoms in total. The number of likely N-dealkylation sites (N-methyl/N-ethyl adjacent to an activating group) is 1. The molecule has 1 amide bonds. The van der Waals surface area contributed by atoms with Crippen LogP contribution in [0.1, 0.15) is 25.2 Å². The summed E-state index contributed by atoms with van der Waals surface area (Å²) in [6.07, 6.45) is 4.28. The first-order valence-corrected chi connectivity index (χ1v) is 5.52. The molecule has 0 bridgehead atoms. The van der Waals surface area contributed by atoms with Crippen LogP contribution >= 0.6 is 0 Å². The van der Waals surface area contributed by atoms with Crippen LogP contribution in [-0.2, 0) is 11.3 Å². The van der Waals surface area contributed by atoms with Crippen molar-refractivity contribution in [3.8, 4) is 0 Å². The van der Waals surface area contributed by atoms with Crippen LogP contribution in [0.4, 0.5) is 0 Å². The Balaban J connectivity index is 2.04. The molecule has 0 aliphatic carbocycles. The van der Waals surface area contributed by atoms with Gasteiger partial charge in [-0.25, -0.2) is 0 Å². The summed E-state index contributed by atoms with van der Waals surface area (Å²) in [7, 11) is 1.82. The normalized spacial score (nSPS) is 22.2. The number of amides is 1. The van der Waals surface area contributed by atoms with E-state index in [1.54, 1.807) is 4.90 Å². The molecule has 2 rings (SSSR count). The third-order valence-corrected chi connectivity index (χ3v) is 2.86. The third-order valence-electron chi connectivity index (χ3n) is 2.86. The Morgan fingerprint density at radius 1 is 1.62 bits per heavy atom. The number of likely N-dealkylation sites (tertiary alicyclic amines) is 1. The van der Waals surface area contributed by atoms with Gasteiger partial charge in [0.2, 0.25) is 18.2 Å². The zero-order valence-corrected chi connectivity index (χ0v) is 9.35. The van der Waals surface area contributed by atoms with Gasteiger partial charge in [0.15, 0.2) is 0 Å². The van der Waals surface area contributed by atoms with Crippen molar-refractivity contribution in [3.63, 3.8) is 0 Å². The van der Waals surface area contributed by atoms with Crippen LogP contribution in [-0.4, -0.2) is 40.6 Å². The van der Waals surface area contributed by atoms with Crippen LogP contribution in [0.25, 0.3) is 0 Å². The van der Waals surface area contributed by atoms with Gasteiger partial charge >= 0.3 is 0 Å². The largest absolute Gasteiger partial charge is 0.426 e. The molecule has 88 valence electrons. The van der Waals surface area contributed by atoms with Gasteiger partial charge in [-0.2, -0.15) is 0 Å². The second kappa shape index (κ2) is 5.07. The first-order chi connectivity index (χ1) is 7.81. The van der Waals surface area contributed by atoms with Crippen LogP contribution in [0, 0.1) is 0 Å². The minimum absolute atomic E-state index is 0.0783. The highest BCUT2D eigenvalue weighted by Gasteiger charge is 2.26. The van der Waals surface area contributed by atoms with Crippen molar-refractivity contribution in [1.82, 2.24) is 20.4 Å². The maximum Gasteiger partial charge on any atom is 0.240 e. The van der Waals surface area contributed by atoms with Crippen molar-refractivity contribution in [3.05, 3.63) is 12.3 Å². The van der Waals surface area contributed by atoms with E-state index in [2.05, 4.69) is 15.5 Å². The molecule has 1 aliphatic rings. The number of aromatic nitrogens is 2. The van der Waals surface area contributed by atoms with Crippen molar-refractivity contribution >= 4 is 5.91 Å². The maximum atomic E-state index is 12.1. The van der Waals surface area contributed by atoms with Crippen molar-refractivity contribution in [2.75, 3.05) is 13.6 Å². The zero-order chi connectivity index (χ0) is 11.4. The molecule has 2 heterocycles. The lowest BCUT2D eigenvalue weighted by molar-refractivity contribution is -0.133. The summed E-state index contributed by atoms with van der Waals surface area (Å²) in [4.78, 5) is 13.9. The molecule has 1 saturated heterocycles. The number of nitrogens with zero attached hydrogens (tertiary/aromatic N) is 3. The fraction of sp³-hybridized carbons (Fsp3) is 0.700. The molecule has 1 unspecified atom stereocenters. The topological polar surface area (TPSA) is 71.3 Å². The SMILES string of the molecule is CNC1CCCCN(Cc2nnco2)C1=O. The Hall–Kier alpha value is -1.43. The Kier molecular flexibility index (Phi) is 3.51. The van der Waals surface area contributed by atoms with E-state index in [0.29, 0.717) is 12.4 Å². The number of hydrogen-bond donors (Lipinski definition) is 1. The van der Waals surface area contributed by atoms with Gasteiger partial charge in [0.05, 0.1) is 12.6 Å². The molecule has 1 atom stereocenters. The van der Waals surface area contributed by atoms with Crippen molar-refractivity contribution in [1.29, 1.82) is 0 Å². The van der Waals surface area contributed by atoms with E-state index in [1.807, 2.05) is 7.05 Å². The Labute approximate surface area is 94.0 Å². The molecule has 0 aromatic carbocycles. The van der Waals surface area contributed by atoms with E-state index < -0.39 is 0 Å². The quantitative estimate of drug-likeness (QED) is 0.792. The summed E-state index contributed by atoms with van der Waals surface area (Å²) < 4.78 is 5.06. The Morgan fingerprint density at radius 3 is 3.19 bits per heavy atom. The standard InChI is InChI=1S/C10H16N4O2/c1-11-8-4-2-3-5-14(10(8)15)6-9-13-12-7-16-9/h7-8,11H,2-6H2,1H3. The molecule has 0 saturated carbocycles. The second-order valence-electron chi connectivity index (χ2n) is 3.93. The minimum Gasteiger partial charge on any atom is -0.426 e. The highest BCUT2D eigenvalue weighted by Crippen LogP contribution is 2.14. The molecule has 16 heavy (non-hydrogen) atoms. The van der Waals surface area contributed by atoms with Crippen molar-refractivity contribution in [2.45, 2.75) is 31.8 Å². The van der Waals surface area contributed by atoms with Crippen molar-refractivity contribution < 1.29 is 9.21 Å². The Bertz CT molecular complexity index is 339. The summed E-state index contributed by atoms with van der Waals surface area (Å²) in [6, 6.07) is -0.0783. The van der Waals surface area contributed by atoms with Gasteiger partial charge in [-0.05, 0) is 26.3 Å². The van der Waals surface area contributed by atoms with Gasteiger partial charge in [0.25, 0.3) is 0 Å². The molecule has 1 aromatic rings. The lowest BCUT2D eigenvalue weighted by Gasteiger charge is -2.22. The minimum atomic E-state index is -0.0783. The van der Waals surface area contributed by atoms with Crippen molar-refractivity contribution in [2.24, 2.45) is 0 Å². The molecule has 1 N–H and O–H groups in total. The van der Waals surface area contributed by atoms with Crippen LogP contribution < -0.4 is 5.32 Å². The van der Waals surface area contributed by atoms with Gasteiger partial charge < -0.3 is 14.6 Å². The molecular formula is C10H16N4O2. The molecule has 1 aromatic heterocycles. The molecule has 1 aliphatic heterocycles. The zero-order valence-electron chi connectivity index (χ0n) is 9.35. The molecule has 0 radical (unpaired) electrons. The van der Waals surface area contributed by atoms with Gasteiger partial charge in [-0.1, -0.05) is 0 Å². The Morgan fingerprint density at radius 2 is 2.50 bits per heavy atom. The van der Waals surface area contributed by atoms with Gasteiger partial charge in [-0.15, -0.1) is 10.2 Å². The summed E-state index contributed by atoms with van der Waals surface area (Å²) in [5, 5.41) is 10.4. The van der Waals surface area contributed by atoms with E-state index in [4.69, 9.17) is 4.42 Å². The summed E-state index contributed by atoms with van der Waals surface area (Å²) >= 11 is 0. The fourth-order valence-corrected chi connectivity index (χ4v) is 1.96. The summed E-state index contributed by atoms with van der Waals surface area (Å²) in [5.41, 5.74) is 0. The average molecular weight is 224 g/mol. The third kappa shape index (κ3) is 2.38. The number of carbonyl (C=O) groups excluding carboxylic acids is 1. The molecule has 1 fully saturated rings. The molecule has 6 heteroatoms. The lowest BCUT2D eigenvalue weighted by Crippen LogP contribution is -2.43. The molecule has 0 spiro atoms. The fourth-order valence-electron chi connectivity index (χ4n) is 1.96. The van der Waals surface area contributed by atoms with E-state index >= 15 is 0 Å². The highest BCUT2D eigenvalue weighted by molar-refractivity contribution is 5.82.